The van der Waals surface area contributed by atoms with Gasteiger partial charge in [0, 0.05) is 31.9 Å². The number of piperidine rings is 1. The van der Waals surface area contributed by atoms with Gasteiger partial charge in [0.25, 0.3) is 0 Å². The Balaban J connectivity index is 1.25. The van der Waals surface area contributed by atoms with Gasteiger partial charge in [0.1, 0.15) is 0 Å². The van der Waals surface area contributed by atoms with Crippen LogP contribution in [0.1, 0.15) is 69.5 Å². The first-order chi connectivity index (χ1) is 11.9. The number of hydrogen-bond donors (Lipinski definition) is 1. The topological polar surface area (TPSA) is 46.0 Å². The highest BCUT2D eigenvalue weighted by Gasteiger charge is 2.25. The first-order valence-electron chi connectivity index (χ1n) is 10.2. The summed E-state index contributed by atoms with van der Waals surface area (Å²) >= 11 is 0. The SMILES string of the molecule is c1c(CC2CCCCC2)nnn1C1CCN(C[C@H]2CCCN2)CC1. The Hall–Kier alpha value is -0.940. The van der Waals surface area contributed by atoms with Crippen molar-refractivity contribution in [3.8, 4) is 0 Å². The van der Waals surface area contributed by atoms with Gasteiger partial charge in [0.2, 0.25) is 0 Å². The molecule has 2 saturated heterocycles. The minimum atomic E-state index is 0.561. The van der Waals surface area contributed by atoms with Gasteiger partial charge in [-0.3, -0.25) is 0 Å². The fourth-order valence-electron chi connectivity index (χ4n) is 4.86. The lowest BCUT2D eigenvalue weighted by Crippen LogP contribution is -2.42. The Morgan fingerprint density at radius 3 is 2.58 bits per heavy atom. The smallest absolute Gasteiger partial charge is 0.0830 e. The molecule has 0 bridgehead atoms. The van der Waals surface area contributed by atoms with E-state index < -0.39 is 0 Å². The zero-order valence-electron chi connectivity index (χ0n) is 15.0. The maximum absolute atomic E-state index is 4.48. The Bertz CT molecular complexity index is 494. The van der Waals surface area contributed by atoms with Gasteiger partial charge in [-0.15, -0.1) is 5.10 Å². The number of aromatic nitrogens is 3. The lowest BCUT2D eigenvalue weighted by atomic mass is 9.86. The van der Waals surface area contributed by atoms with Crippen molar-refractivity contribution in [2.24, 2.45) is 5.92 Å². The first kappa shape index (κ1) is 16.5. The summed E-state index contributed by atoms with van der Waals surface area (Å²) in [5.74, 6) is 0.852. The van der Waals surface area contributed by atoms with E-state index in [-0.39, 0.29) is 0 Å². The molecule has 1 aliphatic carbocycles. The van der Waals surface area contributed by atoms with Crippen LogP contribution < -0.4 is 5.32 Å². The third-order valence-electron chi connectivity index (χ3n) is 6.35. The average Bonchev–Trinajstić information content (AvgIpc) is 3.29. The van der Waals surface area contributed by atoms with Crippen molar-refractivity contribution in [2.75, 3.05) is 26.2 Å². The second-order valence-electron chi connectivity index (χ2n) is 8.22. The summed E-state index contributed by atoms with van der Waals surface area (Å²) in [5, 5.41) is 12.6. The van der Waals surface area contributed by atoms with E-state index in [0.29, 0.717) is 6.04 Å². The van der Waals surface area contributed by atoms with Crippen LogP contribution in [-0.4, -0.2) is 52.1 Å². The molecular weight excluding hydrogens is 298 g/mol. The minimum absolute atomic E-state index is 0.561. The Morgan fingerprint density at radius 2 is 1.83 bits per heavy atom. The maximum Gasteiger partial charge on any atom is 0.0830 e. The minimum Gasteiger partial charge on any atom is -0.313 e. The number of hydrogen-bond acceptors (Lipinski definition) is 4. The van der Waals surface area contributed by atoms with Crippen LogP contribution in [0.3, 0.4) is 0 Å². The highest BCUT2D eigenvalue weighted by Crippen LogP contribution is 2.27. The normalized spacial score (nSPS) is 27.8. The third-order valence-corrected chi connectivity index (χ3v) is 6.35. The summed E-state index contributed by atoms with van der Waals surface area (Å²) in [6, 6.07) is 1.29. The van der Waals surface area contributed by atoms with Crippen LogP contribution in [0.2, 0.25) is 0 Å². The molecule has 134 valence electrons. The van der Waals surface area contributed by atoms with Crippen LogP contribution in [0, 0.1) is 5.92 Å². The molecule has 5 heteroatoms. The Morgan fingerprint density at radius 1 is 1.00 bits per heavy atom. The Kier molecular flexibility index (Phi) is 5.48. The van der Waals surface area contributed by atoms with Crippen LogP contribution in [-0.2, 0) is 6.42 Å². The quantitative estimate of drug-likeness (QED) is 0.901. The van der Waals surface area contributed by atoms with Crippen molar-refractivity contribution in [1.29, 1.82) is 0 Å². The molecule has 3 heterocycles. The molecule has 4 rings (SSSR count). The molecule has 3 fully saturated rings. The van der Waals surface area contributed by atoms with E-state index in [4.69, 9.17) is 0 Å². The zero-order chi connectivity index (χ0) is 16.2. The molecule has 5 nitrogen and oxygen atoms in total. The molecule has 3 aliphatic rings. The Labute approximate surface area is 146 Å². The molecule has 1 aromatic rings. The average molecular weight is 332 g/mol. The van der Waals surface area contributed by atoms with Gasteiger partial charge < -0.3 is 10.2 Å². The summed E-state index contributed by atoms with van der Waals surface area (Å²) in [6.45, 7) is 4.86. The summed E-state index contributed by atoms with van der Waals surface area (Å²) in [4.78, 5) is 2.64. The van der Waals surface area contributed by atoms with Crippen molar-refractivity contribution >= 4 is 0 Å². The lowest BCUT2D eigenvalue weighted by Gasteiger charge is -2.33. The fraction of sp³-hybridized carbons (Fsp3) is 0.895. The molecule has 0 aromatic carbocycles. The second kappa shape index (κ2) is 7.96. The fourth-order valence-corrected chi connectivity index (χ4v) is 4.86. The molecule has 2 aliphatic heterocycles. The lowest BCUT2D eigenvalue weighted by molar-refractivity contribution is 0.167. The van der Waals surface area contributed by atoms with Crippen molar-refractivity contribution in [3.05, 3.63) is 11.9 Å². The van der Waals surface area contributed by atoms with Gasteiger partial charge in [-0.25, -0.2) is 4.68 Å². The molecule has 1 saturated carbocycles. The van der Waals surface area contributed by atoms with E-state index in [0.717, 1.165) is 18.4 Å². The number of rotatable bonds is 5. The summed E-state index contributed by atoms with van der Waals surface area (Å²) < 4.78 is 2.17. The van der Waals surface area contributed by atoms with Gasteiger partial charge in [0.15, 0.2) is 0 Å². The largest absolute Gasteiger partial charge is 0.313 e. The van der Waals surface area contributed by atoms with E-state index in [1.165, 1.54) is 89.7 Å². The molecular formula is C19H33N5. The molecule has 0 amide bonds. The molecule has 1 atom stereocenters. The van der Waals surface area contributed by atoms with Gasteiger partial charge in [-0.1, -0.05) is 37.3 Å². The third kappa shape index (κ3) is 4.17. The highest BCUT2D eigenvalue weighted by molar-refractivity contribution is 4.96. The second-order valence-corrected chi connectivity index (χ2v) is 8.22. The molecule has 1 N–H and O–H groups in total. The van der Waals surface area contributed by atoms with Crippen molar-refractivity contribution < 1.29 is 0 Å². The van der Waals surface area contributed by atoms with Gasteiger partial charge in [0.05, 0.1) is 11.7 Å². The predicted molar refractivity (Wildman–Crippen MR) is 96.0 cm³/mol. The van der Waals surface area contributed by atoms with Crippen molar-refractivity contribution in [3.63, 3.8) is 0 Å². The van der Waals surface area contributed by atoms with Crippen LogP contribution in [0.25, 0.3) is 0 Å². The maximum atomic E-state index is 4.48. The van der Waals surface area contributed by atoms with Gasteiger partial charge in [-0.05, 0) is 44.6 Å². The standard InChI is InChI=1S/C19H33N5/c1-2-5-16(6-3-1)13-18-15-24(22-21-18)19-8-11-23(12-9-19)14-17-7-4-10-20-17/h15-17,19-20H,1-14H2/t17-/m1/s1. The van der Waals surface area contributed by atoms with E-state index in [1.54, 1.807) is 0 Å². The number of likely N-dealkylation sites (tertiary alicyclic amines) is 1. The molecule has 1 aromatic heterocycles. The van der Waals surface area contributed by atoms with E-state index in [9.17, 15) is 0 Å². The molecule has 0 unspecified atom stereocenters. The highest BCUT2D eigenvalue weighted by atomic mass is 15.4. The molecule has 24 heavy (non-hydrogen) atoms. The van der Waals surface area contributed by atoms with Gasteiger partial charge in [-0.2, -0.15) is 0 Å². The zero-order valence-corrected chi connectivity index (χ0v) is 15.0. The van der Waals surface area contributed by atoms with Crippen LogP contribution in [0.4, 0.5) is 0 Å². The predicted octanol–water partition coefficient (Wildman–Crippen LogP) is 2.79. The van der Waals surface area contributed by atoms with Crippen LogP contribution >= 0.6 is 0 Å². The monoisotopic (exact) mass is 331 g/mol. The summed E-state index contributed by atoms with van der Waals surface area (Å²) in [5.41, 5.74) is 1.22. The van der Waals surface area contributed by atoms with Crippen LogP contribution in [0.15, 0.2) is 6.20 Å². The van der Waals surface area contributed by atoms with Gasteiger partial charge >= 0.3 is 0 Å². The number of nitrogens with zero attached hydrogens (tertiary/aromatic N) is 4. The summed E-state index contributed by atoms with van der Waals surface area (Å²) in [6.07, 6.45) is 15.6. The molecule has 0 radical (unpaired) electrons. The van der Waals surface area contributed by atoms with E-state index in [2.05, 4.69) is 31.4 Å². The summed E-state index contributed by atoms with van der Waals surface area (Å²) in [7, 11) is 0. The van der Waals surface area contributed by atoms with Crippen LogP contribution in [0.5, 0.6) is 0 Å². The van der Waals surface area contributed by atoms with E-state index >= 15 is 0 Å². The first-order valence-corrected chi connectivity index (χ1v) is 10.2. The van der Waals surface area contributed by atoms with E-state index in [1.807, 2.05) is 0 Å². The van der Waals surface area contributed by atoms with Crippen molar-refractivity contribution in [1.82, 2.24) is 25.2 Å². The molecule has 0 spiro atoms. The number of nitrogens with one attached hydrogen (secondary N) is 1. The van der Waals surface area contributed by atoms with Crippen molar-refractivity contribution in [2.45, 2.75) is 76.3 Å².